The largest absolute Gasteiger partial charge is 0.316 e. The van der Waals surface area contributed by atoms with Gasteiger partial charge in [-0.3, -0.25) is 0 Å². The Bertz CT molecular complexity index is 351. The van der Waals surface area contributed by atoms with E-state index in [1.807, 2.05) is 0 Å². The fourth-order valence-electron chi connectivity index (χ4n) is 2.45. The Morgan fingerprint density at radius 2 is 1.65 bits per heavy atom. The number of hydrogen-bond donors (Lipinski definition) is 1. The minimum absolute atomic E-state index is 0.300. The van der Waals surface area contributed by atoms with E-state index in [0.29, 0.717) is 5.41 Å². The third-order valence-corrected chi connectivity index (χ3v) is 4.19. The summed E-state index contributed by atoms with van der Waals surface area (Å²) in [5, 5.41) is 3.52. The summed E-state index contributed by atoms with van der Waals surface area (Å²) in [4.78, 5) is 0. The van der Waals surface area contributed by atoms with Gasteiger partial charge in [0.05, 0.1) is 0 Å². The van der Waals surface area contributed by atoms with Crippen molar-refractivity contribution in [2.24, 2.45) is 0 Å². The van der Waals surface area contributed by atoms with Crippen molar-refractivity contribution in [3.05, 3.63) is 34.9 Å². The second-order valence-electron chi connectivity index (χ2n) is 5.07. The van der Waals surface area contributed by atoms with Crippen molar-refractivity contribution in [1.82, 2.24) is 5.32 Å². The first kappa shape index (κ1) is 14.2. The normalized spacial score (nSPS) is 11.8. The topological polar surface area (TPSA) is 12.0 Å². The molecule has 0 fully saturated rings. The van der Waals surface area contributed by atoms with Gasteiger partial charge in [0.1, 0.15) is 0 Å². The highest BCUT2D eigenvalue weighted by atomic mass is 14.9. The van der Waals surface area contributed by atoms with Crippen molar-refractivity contribution in [2.75, 3.05) is 13.1 Å². The van der Waals surface area contributed by atoms with Crippen LogP contribution in [0.3, 0.4) is 0 Å². The number of benzene rings is 1. The fourth-order valence-corrected chi connectivity index (χ4v) is 2.45. The van der Waals surface area contributed by atoms with Crippen LogP contribution in [0, 0.1) is 13.8 Å². The zero-order valence-corrected chi connectivity index (χ0v) is 12.1. The molecule has 0 aliphatic carbocycles. The highest BCUT2D eigenvalue weighted by Gasteiger charge is 2.27. The summed E-state index contributed by atoms with van der Waals surface area (Å²) in [5.74, 6) is 0. The molecule has 0 aliphatic heterocycles. The Morgan fingerprint density at radius 1 is 1.00 bits per heavy atom. The van der Waals surface area contributed by atoms with Crippen LogP contribution in [0.5, 0.6) is 0 Å². The lowest BCUT2D eigenvalue weighted by atomic mass is 9.75. The molecule has 0 spiro atoms. The van der Waals surface area contributed by atoms with E-state index in [-0.39, 0.29) is 0 Å². The number of hydrogen-bond acceptors (Lipinski definition) is 1. The monoisotopic (exact) mass is 233 g/mol. The maximum Gasteiger partial charge on any atom is 0.00726 e. The van der Waals surface area contributed by atoms with E-state index in [1.165, 1.54) is 29.5 Å². The van der Waals surface area contributed by atoms with Gasteiger partial charge in [0.25, 0.3) is 0 Å². The Hall–Kier alpha value is -0.820. The number of likely N-dealkylation sites (N-methyl/N-ethyl adjacent to an activating group) is 1. The first-order chi connectivity index (χ1) is 8.09. The third-order valence-electron chi connectivity index (χ3n) is 4.19. The van der Waals surface area contributed by atoms with Crippen LogP contribution in [-0.2, 0) is 5.41 Å². The van der Waals surface area contributed by atoms with Crippen molar-refractivity contribution in [3.63, 3.8) is 0 Å². The number of rotatable bonds is 6. The maximum absolute atomic E-state index is 3.52. The molecule has 1 aromatic rings. The molecule has 0 radical (unpaired) electrons. The van der Waals surface area contributed by atoms with Gasteiger partial charge in [-0.1, -0.05) is 39.0 Å². The van der Waals surface area contributed by atoms with Gasteiger partial charge in [0, 0.05) is 12.0 Å². The quantitative estimate of drug-likeness (QED) is 0.784. The van der Waals surface area contributed by atoms with Crippen molar-refractivity contribution >= 4 is 0 Å². The highest BCUT2D eigenvalue weighted by Crippen LogP contribution is 2.32. The van der Waals surface area contributed by atoms with E-state index >= 15 is 0 Å². The van der Waals surface area contributed by atoms with Gasteiger partial charge < -0.3 is 5.32 Å². The molecule has 0 saturated heterocycles. The van der Waals surface area contributed by atoms with Crippen LogP contribution in [0.2, 0.25) is 0 Å². The second kappa shape index (κ2) is 6.20. The molecule has 0 saturated carbocycles. The summed E-state index contributed by atoms with van der Waals surface area (Å²) in [6.45, 7) is 13.3. The van der Waals surface area contributed by atoms with Crippen LogP contribution in [0.15, 0.2) is 18.2 Å². The van der Waals surface area contributed by atoms with E-state index in [2.05, 4.69) is 58.1 Å². The molecule has 0 amide bonds. The van der Waals surface area contributed by atoms with E-state index in [1.54, 1.807) is 0 Å². The third kappa shape index (κ3) is 3.10. The lowest BCUT2D eigenvalue weighted by molar-refractivity contribution is 0.372. The summed E-state index contributed by atoms with van der Waals surface area (Å²) in [7, 11) is 0. The van der Waals surface area contributed by atoms with Crippen LogP contribution in [-0.4, -0.2) is 13.1 Å². The van der Waals surface area contributed by atoms with Gasteiger partial charge in [-0.2, -0.15) is 0 Å². The molecule has 96 valence electrons. The summed E-state index contributed by atoms with van der Waals surface area (Å²) < 4.78 is 0. The summed E-state index contributed by atoms with van der Waals surface area (Å²) in [5.41, 5.74) is 4.59. The number of aryl methyl sites for hydroxylation is 2. The van der Waals surface area contributed by atoms with E-state index in [9.17, 15) is 0 Å². The predicted molar refractivity (Wildman–Crippen MR) is 76.7 cm³/mol. The molecule has 0 aromatic heterocycles. The average molecular weight is 233 g/mol. The van der Waals surface area contributed by atoms with Gasteiger partial charge in [-0.05, 0) is 49.9 Å². The lowest BCUT2D eigenvalue weighted by Crippen LogP contribution is -2.37. The maximum atomic E-state index is 3.52. The molecular weight excluding hydrogens is 206 g/mol. The highest BCUT2D eigenvalue weighted by molar-refractivity contribution is 5.35. The fraction of sp³-hybridized carbons (Fsp3) is 0.625. The number of nitrogens with one attached hydrogen (secondary N) is 1. The van der Waals surface area contributed by atoms with Gasteiger partial charge in [0.15, 0.2) is 0 Å². The zero-order valence-electron chi connectivity index (χ0n) is 12.1. The van der Waals surface area contributed by atoms with Crippen molar-refractivity contribution in [3.8, 4) is 0 Å². The Balaban J connectivity index is 3.07. The molecule has 1 N–H and O–H groups in total. The molecule has 0 unspecified atom stereocenters. The lowest BCUT2D eigenvalue weighted by Gasteiger charge is -2.33. The molecule has 1 rings (SSSR count). The Labute approximate surface area is 107 Å². The molecule has 1 heteroatoms. The molecule has 0 bridgehead atoms. The van der Waals surface area contributed by atoms with Gasteiger partial charge in [-0.15, -0.1) is 0 Å². The van der Waals surface area contributed by atoms with E-state index in [4.69, 9.17) is 0 Å². The van der Waals surface area contributed by atoms with Crippen LogP contribution in [0.1, 0.15) is 50.3 Å². The summed E-state index contributed by atoms with van der Waals surface area (Å²) >= 11 is 0. The van der Waals surface area contributed by atoms with Crippen LogP contribution < -0.4 is 5.32 Å². The first-order valence-electron chi connectivity index (χ1n) is 6.88. The molecular formula is C16H27N. The molecule has 1 nitrogen and oxygen atoms in total. The molecule has 17 heavy (non-hydrogen) atoms. The SMILES string of the molecule is CCNCC(CC)(CC)c1ccc(C)c(C)c1. The van der Waals surface area contributed by atoms with Crippen molar-refractivity contribution in [1.29, 1.82) is 0 Å². The smallest absolute Gasteiger partial charge is 0.00726 e. The Kier molecular flexibility index (Phi) is 5.20. The van der Waals surface area contributed by atoms with Gasteiger partial charge in [-0.25, -0.2) is 0 Å². The van der Waals surface area contributed by atoms with Gasteiger partial charge in [0.2, 0.25) is 0 Å². The molecule has 1 aromatic carbocycles. The van der Waals surface area contributed by atoms with Crippen LogP contribution >= 0.6 is 0 Å². The zero-order chi connectivity index (χ0) is 12.9. The van der Waals surface area contributed by atoms with Gasteiger partial charge >= 0.3 is 0 Å². The van der Waals surface area contributed by atoms with Crippen LogP contribution in [0.4, 0.5) is 0 Å². The van der Waals surface area contributed by atoms with E-state index < -0.39 is 0 Å². The van der Waals surface area contributed by atoms with E-state index in [0.717, 1.165) is 13.1 Å². The first-order valence-corrected chi connectivity index (χ1v) is 6.88. The minimum atomic E-state index is 0.300. The van der Waals surface area contributed by atoms with Crippen LogP contribution in [0.25, 0.3) is 0 Å². The van der Waals surface area contributed by atoms with Crippen molar-refractivity contribution < 1.29 is 0 Å². The molecule has 0 atom stereocenters. The summed E-state index contributed by atoms with van der Waals surface area (Å²) in [6.07, 6.45) is 2.39. The average Bonchev–Trinajstić information content (AvgIpc) is 2.35. The van der Waals surface area contributed by atoms with Crippen molar-refractivity contribution in [2.45, 2.75) is 52.9 Å². The summed E-state index contributed by atoms with van der Waals surface area (Å²) in [6, 6.07) is 6.95. The predicted octanol–water partition coefficient (Wildman–Crippen LogP) is 3.97. The second-order valence-corrected chi connectivity index (χ2v) is 5.07. The minimum Gasteiger partial charge on any atom is -0.316 e. The molecule has 0 aliphatic rings. The Morgan fingerprint density at radius 3 is 2.12 bits per heavy atom. The molecule has 0 heterocycles. The standard InChI is InChI=1S/C16H27N/c1-6-16(7-2,12-17-8-3)15-10-9-13(4)14(5)11-15/h9-11,17H,6-8,12H2,1-5H3.